The van der Waals surface area contributed by atoms with Crippen LogP contribution in [0.15, 0.2) is 42.7 Å². The Labute approximate surface area is 183 Å². The van der Waals surface area contributed by atoms with Gasteiger partial charge in [0.15, 0.2) is 0 Å². The number of carbonyl (C=O) groups excluding carboxylic acids is 2. The molecule has 2 bridgehead atoms. The summed E-state index contributed by atoms with van der Waals surface area (Å²) in [5, 5.41) is 2.82. The number of rotatable bonds is 5. The summed E-state index contributed by atoms with van der Waals surface area (Å²) in [4.78, 5) is 34.6. The van der Waals surface area contributed by atoms with E-state index in [2.05, 4.69) is 44.0 Å². The van der Waals surface area contributed by atoms with Crippen molar-refractivity contribution in [2.75, 3.05) is 20.1 Å². The molecular formula is C24H31N5O2. The average molecular weight is 422 g/mol. The highest BCUT2D eigenvalue weighted by Crippen LogP contribution is 2.41. The number of nitrogens with zero attached hydrogens (tertiary/aromatic N) is 4. The largest absolute Gasteiger partial charge is 0.357 e. The normalized spacial score (nSPS) is 28.3. The Morgan fingerprint density at radius 3 is 2.77 bits per heavy atom. The number of imidazole rings is 1. The summed E-state index contributed by atoms with van der Waals surface area (Å²) in [6, 6.07) is 10.3. The molecule has 7 nitrogen and oxygen atoms in total. The maximum atomic E-state index is 12.8. The first-order chi connectivity index (χ1) is 15.1. The van der Waals surface area contributed by atoms with Gasteiger partial charge >= 0.3 is 0 Å². The van der Waals surface area contributed by atoms with Crippen LogP contribution in [0.3, 0.4) is 0 Å². The Morgan fingerprint density at radius 1 is 1.16 bits per heavy atom. The second-order valence-corrected chi connectivity index (χ2v) is 9.23. The lowest BCUT2D eigenvalue weighted by molar-refractivity contribution is -0.160. The lowest BCUT2D eigenvalue weighted by Gasteiger charge is -2.55. The van der Waals surface area contributed by atoms with Crippen LogP contribution < -0.4 is 5.32 Å². The number of fused-ring (bicyclic) bond motifs is 4. The summed E-state index contributed by atoms with van der Waals surface area (Å²) >= 11 is 0. The van der Waals surface area contributed by atoms with Gasteiger partial charge in [0.2, 0.25) is 11.8 Å². The molecule has 3 aliphatic rings. The smallest absolute Gasteiger partial charge is 0.242 e. The van der Waals surface area contributed by atoms with Gasteiger partial charge in [-0.2, -0.15) is 0 Å². The molecule has 7 heteroatoms. The molecule has 5 rings (SSSR count). The molecular weight excluding hydrogens is 390 g/mol. The van der Waals surface area contributed by atoms with Crippen molar-refractivity contribution in [3.63, 3.8) is 0 Å². The third-order valence-corrected chi connectivity index (χ3v) is 7.29. The van der Waals surface area contributed by atoms with Crippen LogP contribution in [0.4, 0.5) is 0 Å². The molecule has 1 N–H and O–H groups in total. The highest BCUT2D eigenvalue weighted by Gasteiger charge is 2.51. The number of hydrogen-bond acceptors (Lipinski definition) is 4. The van der Waals surface area contributed by atoms with Crippen LogP contribution >= 0.6 is 0 Å². The van der Waals surface area contributed by atoms with E-state index in [1.54, 1.807) is 7.05 Å². The fourth-order valence-electron chi connectivity index (χ4n) is 5.98. The summed E-state index contributed by atoms with van der Waals surface area (Å²) in [7, 11) is 1.68. The predicted octanol–water partition coefficient (Wildman–Crippen LogP) is 1.88. The van der Waals surface area contributed by atoms with E-state index in [-0.39, 0.29) is 29.8 Å². The fourth-order valence-corrected chi connectivity index (χ4v) is 5.98. The third kappa shape index (κ3) is 3.87. The highest BCUT2D eigenvalue weighted by molar-refractivity contribution is 5.88. The second-order valence-electron chi connectivity index (χ2n) is 9.23. The highest BCUT2D eigenvalue weighted by atomic mass is 16.2. The summed E-state index contributed by atoms with van der Waals surface area (Å²) in [5.41, 5.74) is 1.26. The molecule has 2 aromatic rings. The van der Waals surface area contributed by atoms with E-state index < -0.39 is 0 Å². The van der Waals surface area contributed by atoms with Gasteiger partial charge in [-0.3, -0.25) is 14.5 Å². The summed E-state index contributed by atoms with van der Waals surface area (Å²) < 4.78 is 2.21. The van der Waals surface area contributed by atoms with Gasteiger partial charge in [-0.05, 0) is 30.7 Å². The molecule has 0 aliphatic carbocycles. The van der Waals surface area contributed by atoms with Crippen molar-refractivity contribution in [2.45, 2.75) is 50.9 Å². The number of amides is 2. The summed E-state index contributed by atoms with van der Waals surface area (Å²) in [6.07, 6.45) is 7.46. The zero-order chi connectivity index (χ0) is 21.4. The second kappa shape index (κ2) is 8.46. The van der Waals surface area contributed by atoms with Crippen molar-refractivity contribution < 1.29 is 9.59 Å². The molecule has 0 saturated carbocycles. The standard InChI is InChI=1S/C24H31N5O2/c1-25-24(31)23-19-12-18(20-8-5-9-22(30)29(20)23)14-27(15-19)16-21-26-10-11-28(21)13-17-6-3-2-4-7-17/h2-4,6-7,10-11,18-20,23H,5,8-9,12-16H2,1H3,(H,25,31)/t18-,19+,20-,23+/m0/s1. The molecule has 3 saturated heterocycles. The maximum Gasteiger partial charge on any atom is 0.242 e. The zero-order valence-corrected chi connectivity index (χ0v) is 18.1. The minimum atomic E-state index is -0.342. The Kier molecular flexibility index (Phi) is 5.52. The number of hydrogen-bond donors (Lipinski definition) is 1. The first-order valence-electron chi connectivity index (χ1n) is 11.4. The van der Waals surface area contributed by atoms with Crippen molar-refractivity contribution in [3.8, 4) is 0 Å². The average Bonchev–Trinajstić information content (AvgIpc) is 3.21. The van der Waals surface area contributed by atoms with Crippen LogP contribution in [0.2, 0.25) is 0 Å². The topological polar surface area (TPSA) is 70.5 Å². The van der Waals surface area contributed by atoms with Gasteiger partial charge in [0, 0.05) is 57.5 Å². The summed E-state index contributed by atoms with van der Waals surface area (Å²) in [5.74, 6) is 1.80. The lowest BCUT2D eigenvalue weighted by Crippen LogP contribution is -2.68. The summed E-state index contributed by atoms with van der Waals surface area (Å²) in [6.45, 7) is 3.36. The van der Waals surface area contributed by atoms with Crippen molar-refractivity contribution in [1.29, 1.82) is 0 Å². The number of carbonyl (C=O) groups is 2. The van der Waals surface area contributed by atoms with Crippen LogP contribution in [0.1, 0.15) is 37.1 Å². The van der Waals surface area contributed by atoms with Gasteiger partial charge in [-0.1, -0.05) is 30.3 Å². The molecule has 2 amide bonds. The minimum absolute atomic E-state index is 0.0175. The lowest BCUT2D eigenvalue weighted by atomic mass is 9.71. The fraction of sp³-hybridized carbons (Fsp3) is 0.542. The van der Waals surface area contributed by atoms with Crippen molar-refractivity contribution in [3.05, 3.63) is 54.1 Å². The van der Waals surface area contributed by atoms with E-state index in [1.807, 2.05) is 23.4 Å². The van der Waals surface area contributed by atoms with Gasteiger partial charge in [-0.25, -0.2) is 4.98 Å². The molecule has 4 atom stereocenters. The predicted molar refractivity (Wildman–Crippen MR) is 117 cm³/mol. The van der Waals surface area contributed by atoms with Crippen LogP contribution in [0.5, 0.6) is 0 Å². The van der Waals surface area contributed by atoms with Gasteiger partial charge < -0.3 is 14.8 Å². The van der Waals surface area contributed by atoms with Crippen LogP contribution in [0.25, 0.3) is 0 Å². The van der Waals surface area contributed by atoms with Crippen LogP contribution in [-0.2, 0) is 22.7 Å². The van der Waals surface area contributed by atoms with Gasteiger partial charge in [0.05, 0.1) is 6.54 Å². The quantitative estimate of drug-likeness (QED) is 0.800. The Balaban J connectivity index is 1.35. The Morgan fingerprint density at radius 2 is 1.97 bits per heavy atom. The number of likely N-dealkylation sites (tertiary alicyclic amines) is 1. The van der Waals surface area contributed by atoms with E-state index in [9.17, 15) is 9.59 Å². The number of nitrogens with one attached hydrogen (secondary N) is 1. The molecule has 1 aromatic heterocycles. The first kappa shape index (κ1) is 20.2. The first-order valence-corrected chi connectivity index (χ1v) is 11.4. The molecule has 0 radical (unpaired) electrons. The maximum absolute atomic E-state index is 12.8. The van der Waals surface area contributed by atoms with Crippen molar-refractivity contribution in [1.82, 2.24) is 24.7 Å². The molecule has 3 aliphatic heterocycles. The molecule has 0 spiro atoms. The van der Waals surface area contributed by atoms with Crippen LogP contribution in [-0.4, -0.2) is 63.4 Å². The SMILES string of the molecule is CNC(=O)[C@H]1[C@@H]2C[C@@H](CN(Cc3nccn3Cc3ccccc3)C2)[C@@H]2CCCC(=O)N21. The zero-order valence-electron chi connectivity index (χ0n) is 18.1. The van der Waals surface area contributed by atoms with Crippen molar-refractivity contribution in [2.24, 2.45) is 11.8 Å². The third-order valence-electron chi connectivity index (χ3n) is 7.29. The van der Waals surface area contributed by atoms with Crippen molar-refractivity contribution >= 4 is 11.8 Å². The van der Waals surface area contributed by atoms with Gasteiger partial charge in [-0.15, -0.1) is 0 Å². The minimum Gasteiger partial charge on any atom is -0.357 e. The van der Waals surface area contributed by atoms with Crippen LogP contribution in [0, 0.1) is 11.8 Å². The number of likely N-dealkylation sites (N-methyl/N-ethyl adjacent to an activating group) is 1. The van der Waals surface area contributed by atoms with E-state index in [4.69, 9.17) is 0 Å². The van der Waals surface area contributed by atoms with Gasteiger partial charge in [0.1, 0.15) is 11.9 Å². The monoisotopic (exact) mass is 421 g/mol. The van der Waals surface area contributed by atoms with E-state index in [0.29, 0.717) is 12.3 Å². The molecule has 0 unspecified atom stereocenters. The molecule has 1 aromatic carbocycles. The number of benzene rings is 1. The molecule has 3 fully saturated rings. The molecule has 164 valence electrons. The molecule has 4 heterocycles. The van der Waals surface area contributed by atoms with Gasteiger partial charge in [0.25, 0.3) is 0 Å². The number of piperidine rings is 3. The Bertz CT molecular complexity index is 942. The Hall–Kier alpha value is -2.67. The van der Waals surface area contributed by atoms with E-state index >= 15 is 0 Å². The van der Waals surface area contributed by atoms with E-state index in [0.717, 1.165) is 51.3 Å². The molecule has 31 heavy (non-hydrogen) atoms. The number of aromatic nitrogens is 2. The van der Waals surface area contributed by atoms with E-state index in [1.165, 1.54) is 5.56 Å².